The predicted octanol–water partition coefficient (Wildman–Crippen LogP) is 3.25. The second-order valence-corrected chi connectivity index (χ2v) is 5.28. The number of carbonyl (C=O) groups is 2. The van der Waals surface area contributed by atoms with Crippen molar-refractivity contribution in [1.82, 2.24) is 5.32 Å². The molecule has 0 heterocycles. The first-order chi connectivity index (χ1) is 9.22. The Balaban J connectivity index is 2.92. The van der Waals surface area contributed by atoms with E-state index in [2.05, 4.69) is 15.9 Å². The van der Waals surface area contributed by atoms with Crippen LogP contribution in [-0.2, 0) is 4.79 Å². The summed E-state index contributed by atoms with van der Waals surface area (Å²) in [5, 5.41) is 11.1. The van der Waals surface area contributed by atoms with Crippen LogP contribution in [0, 0.1) is 6.92 Å². The van der Waals surface area contributed by atoms with Gasteiger partial charge in [0.2, 0.25) is 6.43 Å². The number of hydrogen-bond donors (Lipinski definition) is 2. The normalized spacial score (nSPS) is 12.3. The molecule has 0 bridgehead atoms. The van der Waals surface area contributed by atoms with Gasteiger partial charge in [0.05, 0.1) is 5.02 Å². The molecule has 0 saturated carbocycles. The van der Waals surface area contributed by atoms with E-state index in [4.69, 9.17) is 16.7 Å². The van der Waals surface area contributed by atoms with Crippen molar-refractivity contribution in [3.05, 3.63) is 32.8 Å². The Bertz CT molecular complexity index is 516. The minimum absolute atomic E-state index is 0.108. The first-order valence-corrected chi connectivity index (χ1v) is 6.67. The second kappa shape index (κ2) is 6.99. The summed E-state index contributed by atoms with van der Waals surface area (Å²) in [5.41, 5.74) is 0.777. The fourth-order valence-electron chi connectivity index (χ4n) is 1.50. The smallest absolute Gasteiger partial charge is 0.326 e. The summed E-state index contributed by atoms with van der Waals surface area (Å²) < 4.78 is 25.1. The maximum atomic E-state index is 12.2. The number of benzene rings is 1. The third-order valence-electron chi connectivity index (χ3n) is 2.49. The molecule has 1 unspecified atom stereocenters. The van der Waals surface area contributed by atoms with Crippen molar-refractivity contribution in [1.29, 1.82) is 0 Å². The summed E-state index contributed by atoms with van der Waals surface area (Å²) in [4.78, 5) is 22.7. The van der Waals surface area contributed by atoms with Crippen LogP contribution in [0.4, 0.5) is 8.78 Å². The van der Waals surface area contributed by atoms with Crippen molar-refractivity contribution in [2.24, 2.45) is 0 Å². The van der Waals surface area contributed by atoms with Gasteiger partial charge in [-0.05, 0) is 40.5 Å². The van der Waals surface area contributed by atoms with Gasteiger partial charge in [0, 0.05) is 16.5 Å². The molecule has 0 aromatic heterocycles. The number of rotatable bonds is 5. The lowest BCUT2D eigenvalue weighted by Gasteiger charge is -2.14. The van der Waals surface area contributed by atoms with Crippen molar-refractivity contribution in [3.63, 3.8) is 0 Å². The van der Waals surface area contributed by atoms with Gasteiger partial charge >= 0.3 is 5.97 Å². The van der Waals surface area contributed by atoms with Crippen molar-refractivity contribution >= 4 is 39.4 Å². The zero-order valence-electron chi connectivity index (χ0n) is 10.3. The van der Waals surface area contributed by atoms with Gasteiger partial charge in [-0.3, -0.25) is 4.79 Å². The molecule has 1 rings (SSSR count). The maximum absolute atomic E-state index is 12.2. The molecule has 0 aliphatic carbocycles. The van der Waals surface area contributed by atoms with Crippen LogP contribution in [-0.4, -0.2) is 29.5 Å². The lowest BCUT2D eigenvalue weighted by atomic mass is 10.1. The Hall–Kier alpha value is -1.21. The molecule has 0 aliphatic heterocycles. The molecule has 1 aromatic rings. The Kier molecular flexibility index (Phi) is 5.88. The molecule has 0 saturated heterocycles. The standard InChI is InChI=1S/C12H11BrClF2NO3/c1-5-2-6(3-7(14)10(5)13)11(18)17-8(12(19)20)4-9(15)16/h2-3,8-9H,4H2,1H3,(H,17,18)(H,19,20). The van der Waals surface area contributed by atoms with Crippen LogP contribution >= 0.6 is 27.5 Å². The van der Waals surface area contributed by atoms with Crippen molar-refractivity contribution in [2.45, 2.75) is 25.8 Å². The minimum Gasteiger partial charge on any atom is -0.480 e. The molecule has 0 spiro atoms. The van der Waals surface area contributed by atoms with E-state index in [1.165, 1.54) is 12.1 Å². The van der Waals surface area contributed by atoms with Crippen LogP contribution in [0.2, 0.25) is 5.02 Å². The number of halogens is 4. The van der Waals surface area contributed by atoms with E-state index in [9.17, 15) is 18.4 Å². The predicted molar refractivity (Wildman–Crippen MR) is 73.4 cm³/mol. The fraction of sp³-hybridized carbons (Fsp3) is 0.333. The Morgan fingerprint density at radius 3 is 2.50 bits per heavy atom. The van der Waals surface area contributed by atoms with Crippen LogP contribution in [0.1, 0.15) is 22.3 Å². The number of nitrogens with one attached hydrogen (secondary N) is 1. The Morgan fingerprint density at radius 2 is 2.05 bits per heavy atom. The molecule has 2 N–H and O–H groups in total. The maximum Gasteiger partial charge on any atom is 0.326 e. The summed E-state index contributed by atoms with van der Waals surface area (Å²) in [6.45, 7) is 1.70. The van der Waals surface area contributed by atoms with Gasteiger partial charge < -0.3 is 10.4 Å². The molecular formula is C12H11BrClF2NO3. The number of aliphatic carboxylic acids is 1. The zero-order chi connectivity index (χ0) is 15.4. The average molecular weight is 371 g/mol. The quantitative estimate of drug-likeness (QED) is 0.836. The summed E-state index contributed by atoms with van der Waals surface area (Å²) in [6, 6.07) is 1.16. The van der Waals surface area contributed by atoms with Crippen molar-refractivity contribution < 1.29 is 23.5 Å². The number of carboxylic acid groups (broad SMARTS) is 1. The molecule has 1 amide bonds. The lowest BCUT2D eigenvalue weighted by molar-refractivity contribution is -0.140. The molecular weight excluding hydrogens is 359 g/mol. The third kappa shape index (κ3) is 4.42. The SMILES string of the molecule is Cc1cc(C(=O)NC(CC(F)F)C(=O)O)cc(Cl)c1Br. The van der Waals surface area contributed by atoms with Gasteiger partial charge in [0.1, 0.15) is 6.04 Å². The highest BCUT2D eigenvalue weighted by atomic mass is 79.9. The molecule has 110 valence electrons. The topological polar surface area (TPSA) is 66.4 Å². The number of amides is 1. The molecule has 20 heavy (non-hydrogen) atoms. The van der Waals surface area contributed by atoms with E-state index < -0.39 is 30.8 Å². The summed E-state index contributed by atoms with van der Waals surface area (Å²) >= 11 is 9.10. The largest absolute Gasteiger partial charge is 0.480 e. The van der Waals surface area contributed by atoms with Gasteiger partial charge in [-0.2, -0.15) is 0 Å². The highest BCUT2D eigenvalue weighted by Gasteiger charge is 2.25. The van der Waals surface area contributed by atoms with E-state index >= 15 is 0 Å². The van der Waals surface area contributed by atoms with Crippen molar-refractivity contribution in [2.75, 3.05) is 0 Å². The van der Waals surface area contributed by atoms with Gasteiger partial charge in [-0.1, -0.05) is 11.6 Å². The first kappa shape index (κ1) is 16.8. The molecule has 4 nitrogen and oxygen atoms in total. The van der Waals surface area contributed by atoms with Gasteiger partial charge in [0.15, 0.2) is 0 Å². The molecule has 0 aliphatic rings. The van der Waals surface area contributed by atoms with Gasteiger partial charge in [-0.25, -0.2) is 13.6 Å². The Morgan fingerprint density at radius 1 is 1.45 bits per heavy atom. The van der Waals surface area contributed by atoms with Crippen LogP contribution in [0.3, 0.4) is 0 Å². The monoisotopic (exact) mass is 369 g/mol. The van der Waals surface area contributed by atoms with E-state index in [-0.39, 0.29) is 10.6 Å². The Labute approximate surface area is 127 Å². The number of aryl methyl sites for hydroxylation is 1. The average Bonchev–Trinajstić information content (AvgIpc) is 2.33. The van der Waals surface area contributed by atoms with Gasteiger partial charge in [0.25, 0.3) is 5.91 Å². The molecule has 8 heteroatoms. The fourth-order valence-corrected chi connectivity index (χ4v) is 1.99. The van der Waals surface area contributed by atoms with Crippen LogP contribution in [0.25, 0.3) is 0 Å². The van der Waals surface area contributed by atoms with E-state index in [1.54, 1.807) is 6.92 Å². The third-order valence-corrected chi connectivity index (χ3v) is 4.07. The highest BCUT2D eigenvalue weighted by Crippen LogP contribution is 2.27. The summed E-state index contributed by atoms with van der Waals surface area (Å²) in [6.07, 6.45) is -3.78. The van der Waals surface area contributed by atoms with E-state index in [0.29, 0.717) is 10.0 Å². The molecule has 1 atom stereocenters. The number of hydrogen-bond acceptors (Lipinski definition) is 2. The van der Waals surface area contributed by atoms with Crippen molar-refractivity contribution in [3.8, 4) is 0 Å². The lowest BCUT2D eigenvalue weighted by Crippen LogP contribution is -2.42. The number of carbonyl (C=O) groups excluding carboxylic acids is 1. The number of alkyl halides is 2. The minimum atomic E-state index is -2.83. The zero-order valence-corrected chi connectivity index (χ0v) is 12.6. The second-order valence-electron chi connectivity index (χ2n) is 4.08. The number of carboxylic acids is 1. The van der Waals surface area contributed by atoms with E-state index in [0.717, 1.165) is 0 Å². The van der Waals surface area contributed by atoms with E-state index in [1.807, 2.05) is 5.32 Å². The van der Waals surface area contributed by atoms with Gasteiger partial charge in [-0.15, -0.1) is 0 Å². The molecule has 0 fully saturated rings. The van der Waals surface area contributed by atoms with Crippen LogP contribution < -0.4 is 5.32 Å². The first-order valence-electron chi connectivity index (χ1n) is 5.49. The van der Waals surface area contributed by atoms with Crippen LogP contribution in [0.5, 0.6) is 0 Å². The summed E-state index contributed by atoms with van der Waals surface area (Å²) in [5.74, 6) is -2.28. The van der Waals surface area contributed by atoms with Crippen LogP contribution in [0.15, 0.2) is 16.6 Å². The molecule has 1 aromatic carbocycles. The highest BCUT2D eigenvalue weighted by molar-refractivity contribution is 9.10. The summed E-state index contributed by atoms with van der Waals surface area (Å²) in [7, 11) is 0. The molecule has 0 radical (unpaired) electrons.